The lowest BCUT2D eigenvalue weighted by atomic mass is 10.2. The summed E-state index contributed by atoms with van der Waals surface area (Å²) in [6.45, 7) is 3.50. The van der Waals surface area contributed by atoms with Gasteiger partial charge in [0.25, 0.3) is 0 Å². The van der Waals surface area contributed by atoms with Gasteiger partial charge in [0.15, 0.2) is 0 Å². The molecule has 0 saturated heterocycles. The van der Waals surface area contributed by atoms with Gasteiger partial charge in [-0.1, -0.05) is 18.2 Å². The van der Waals surface area contributed by atoms with Crippen molar-refractivity contribution in [3.8, 4) is 5.75 Å². The third kappa shape index (κ3) is 3.07. The van der Waals surface area contributed by atoms with Crippen LogP contribution in [-0.2, 0) is 13.1 Å². The van der Waals surface area contributed by atoms with E-state index >= 15 is 0 Å². The lowest BCUT2D eigenvalue weighted by molar-refractivity contribution is 0.407. The maximum absolute atomic E-state index is 5.29. The molecule has 0 fully saturated rings. The largest absolute Gasteiger partial charge is 0.496 e. The number of aryl methyl sites for hydroxylation is 1. The van der Waals surface area contributed by atoms with Crippen LogP contribution in [0.5, 0.6) is 5.75 Å². The van der Waals surface area contributed by atoms with E-state index in [1.165, 1.54) is 0 Å². The number of nitrogens with zero attached hydrogens (tertiary/aromatic N) is 1. The van der Waals surface area contributed by atoms with Gasteiger partial charge in [-0.05, 0) is 13.0 Å². The lowest BCUT2D eigenvalue weighted by Crippen LogP contribution is -2.13. The Hall–Kier alpha value is -1.81. The number of para-hydroxylation sites is 1. The number of hydrogen-bond donors (Lipinski definition) is 2. The molecular formula is C13H17N3O. The molecule has 0 unspecified atom stereocenters. The molecule has 0 radical (unpaired) electrons. The smallest absolute Gasteiger partial charge is 0.123 e. The zero-order valence-electron chi connectivity index (χ0n) is 10.2. The summed E-state index contributed by atoms with van der Waals surface area (Å²) in [6.07, 6.45) is 1.85. The molecule has 1 aromatic heterocycles. The van der Waals surface area contributed by atoms with E-state index in [2.05, 4.69) is 21.4 Å². The molecule has 0 aliphatic carbocycles. The second-order valence-electron chi connectivity index (χ2n) is 3.91. The van der Waals surface area contributed by atoms with Crippen LogP contribution in [0.25, 0.3) is 0 Å². The number of aromatic amines is 1. The van der Waals surface area contributed by atoms with Gasteiger partial charge in [-0.2, -0.15) is 0 Å². The number of nitrogens with one attached hydrogen (secondary N) is 2. The molecule has 0 aliphatic heterocycles. The van der Waals surface area contributed by atoms with Crippen molar-refractivity contribution in [3.63, 3.8) is 0 Å². The van der Waals surface area contributed by atoms with Crippen molar-refractivity contribution in [3.05, 3.63) is 47.5 Å². The Bertz CT molecular complexity index is 479. The standard InChI is InChI=1S/C13H17N3O/c1-10-15-9-12(16-10)8-14-7-11-5-3-4-6-13(11)17-2/h3-6,9,14H,7-8H2,1-2H3,(H,15,16). The van der Waals surface area contributed by atoms with Crippen LogP contribution in [0.15, 0.2) is 30.5 Å². The summed E-state index contributed by atoms with van der Waals surface area (Å²) in [5.41, 5.74) is 2.25. The Morgan fingerprint density at radius 3 is 2.82 bits per heavy atom. The number of imidazole rings is 1. The third-order valence-electron chi connectivity index (χ3n) is 2.58. The topological polar surface area (TPSA) is 49.9 Å². The van der Waals surface area contributed by atoms with E-state index in [1.807, 2.05) is 31.3 Å². The molecule has 0 atom stereocenters. The van der Waals surface area contributed by atoms with Crippen LogP contribution in [0, 0.1) is 6.92 Å². The van der Waals surface area contributed by atoms with E-state index in [-0.39, 0.29) is 0 Å². The predicted molar refractivity (Wildman–Crippen MR) is 66.9 cm³/mol. The Morgan fingerprint density at radius 2 is 2.12 bits per heavy atom. The molecule has 1 aromatic carbocycles. The van der Waals surface area contributed by atoms with E-state index in [4.69, 9.17) is 4.74 Å². The second-order valence-corrected chi connectivity index (χ2v) is 3.91. The van der Waals surface area contributed by atoms with Gasteiger partial charge in [-0.3, -0.25) is 0 Å². The lowest BCUT2D eigenvalue weighted by Gasteiger charge is -2.08. The normalized spacial score (nSPS) is 10.5. The fourth-order valence-electron chi connectivity index (χ4n) is 1.74. The molecule has 0 spiro atoms. The first-order valence-corrected chi connectivity index (χ1v) is 5.62. The van der Waals surface area contributed by atoms with Crippen LogP contribution in [0.1, 0.15) is 17.1 Å². The highest BCUT2D eigenvalue weighted by atomic mass is 16.5. The van der Waals surface area contributed by atoms with Crippen molar-refractivity contribution in [2.24, 2.45) is 0 Å². The maximum Gasteiger partial charge on any atom is 0.123 e. The SMILES string of the molecule is COc1ccccc1CNCc1cnc(C)[nH]1. The molecule has 4 nitrogen and oxygen atoms in total. The molecule has 2 rings (SSSR count). The number of methoxy groups -OCH3 is 1. The van der Waals surface area contributed by atoms with Gasteiger partial charge in [0, 0.05) is 30.5 Å². The van der Waals surface area contributed by atoms with Gasteiger partial charge in [0.1, 0.15) is 11.6 Å². The van der Waals surface area contributed by atoms with Crippen LogP contribution in [0.2, 0.25) is 0 Å². The molecular weight excluding hydrogens is 214 g/mol. The number of H-pyrrole nitrogens is 1. The Kier molecular flexibility index (Phi) is 3.77. The van der Waals surface area contributed by atoms with Crippen LogP contribution < -0.4 is 10.1 Å². The number of hydrogen-bond acceptors (Lipinski definition) is 3. The quantitative estimate of drug-likeness (QED) is 0.827. The minimum absolute atomic E-state index is 0.777. The van der Waals surface area contributed by atoms with Crippen molar-refractivity contribution in [2.45, 2.75) is 20.0 Å². The molecule has 2 N–H and O–H groups in total. The summed E-state index contributed by atoms with van der Waals surface area (Å²) in [5.74, 6) is 1.86. The minimum Gasteiger partial charge on any atom is -0.496 e. The molecule has 4 heteroatoms. The predicted octanol–water partition coefficient (Wildman–Crippen LogP) is 2.02. The first-order valence-electron chi connectivity index (χ1n) is 5.62. The molecule has 0 bridgehead atoms. The Labute approximate surface area is 101 Å². The first kappa shape index (κ1) is 11.7. The monoisotopic (exact) mass is 231 g/mol. The number of benzene rings is 1. The summed E-state index contributed by atoms with van der Waals surface area (Å²) >= 11 is 0. The fourth-order valence-corrected chi connectivity index (χ4v) is 1.74. The van der Waals surface area contributed by atoms with E-state index in [1.54, 1.807) is 7.11 Å². The number of rotatable bonds is 5. The van der Waals surface area contributed by atoms with E-state index in [0.29, 0.717) is 0 Å². The van der Waals surface area contributed by atoms with Crippen molar-refractivity contribution >= 4 is 0 Å². The van der Waals surface area contributed by atoms with Crippen molar-refractivity contribution < 1.29 is 4.74 Å². The van der Waals surface area contributed by atoms with Gasteiger partial charge in [0.2, 0.25) is 0 Å². The molecule has 2 aromatic rings. The summed E-state index contributed by atoms with van der Waals surface area (Å²) in [7, 11) is 1.69. The van der Waals surface area contributed by atoms with Gasteiger partial charge in [0.05, 0.1) is 7.11 Å². The van der Waals surface area contributed by atoms with Crippen LogP contribution in [0.4, 0.5) is 0 Å². The third-order valence-corrected chi connectivity index (χ3v) is 2.58. The van der Waals surface area contributed by atoms with Gasteiger partial charge >= 0.3 is 0 Å². The molecule has 0 saturated carbocycles. The average Bonchev–Trinajstić information content (AvgIpc) is 2.76. The van der Waals surface area contributed by atoms with E-state index in [0.717, 1.165) is 35.9 Å². The zero-order valence-corrected chi connectivity index (χ0v) is 10.2. The zero-order chi connectivity index (χ0) is 12.1. The number of aromatic nitrogens is 2. The van der Waals surface area contributed by atoms with Gasteiger partial charge in [-0.15, -0.1) is 0 Å². The highest BCUT2D eigenvalue weighted by Gasteiger charge is 2.01. The minimum atomic E-state index is 0.777. The van der Waals surface area contributed by atoms with Gasteiger partial charge in [-0.25, -0.2) is 4.98 Å². The highest BCUT2D eigenvalue weighted by molar-refractivity contribution is 5.32. The Balaban J connectivity index is 1.89. The molecule has 17 heavy (non-hydrogen) atoms. The summed E-state index contributed by atoms with van der Waals surface area (Å²) in [6, 6.07) is 8.02. The van der Waals surface area contributed by atoms with Crippen molar-refractivity contribution in [2.75, 3.05) is 7.11 Å². The highest BCUT2D eigenvalue weighted by Crippen LogP contribution is 2.16. The van der Waals surface area contributed by atoms with Crippen molar-refractivity contribution in [1.82, 2.24) is 15.3 Å². The summed E-state index contributed by atoms with van der Waals surface area (Å²) in [4.78, 5) is 7.34. The second kappa shape index (κ2) is 5.50. The molecule has 90 valence electrons. The first-order chi connectivity index (χ1) is 8.29. The average molecular weight is 231 g/mol. The van der Waals surface area contributed by atoms with E-state index < -0.39 is 0 Å². The number of ether oxygens (including phenoxy) is 1. The molecule has 0 amide bonds. The van der Waals surface area contributed by atoms with Crippen LogP contribution in [0.3, 0.4) is 0 Å². The molecule has 1 heterocycles. The van der Waals surface area contributed by atoms with Crippen LogP contribution in [-0.4, -0.2) is 17.1 Å². The Morgan fingerprint density at radius 1 is 1.29 bits per heavy atom. The maximum atomic E-state index is 5.29. The summed E-state index contributed by atoms with van der Waals surface area (Å²) < 4.78 is 5.29. The molecule has 0 aliphatic rings. The van der Waals surface area contributed by atoms with Crippen LogP contribution >= 0.6 is 0 Å². The van der Waals surface area contributed by atoms with Crippen molar-refractivity contribution in [1.29, 1.82) is 0 Å². The van der Waals surface area contributed by atoms with E-state index in [9.17, 15) is 0 Å². The summed E-state index contributed by atoms with van der Waals surface area (Å²) in [5, 5.41) is 3.35. The van der Waals surface area contributed by atoms with Gasteiger partial charge < -0.3 is 15.0 Å². The fraction of sp³-hybridized carbons (Fsp3) is 0.308.